The first-order valence-electron chi connectivity index (χ1n) is 5.41. The minimum atomic E-state index is -0.292. The number of benzene rings is 1. The minimum absolute atomic E-state index is 0.292. The van der Waals surface area contributed by atoms with Gasteiger partial charge in [-0.1, -0.05) is 11.8 Å². The van der Waals surface area contributed by atoms with Crippen LogP contribution in [0.15, 0.2) is 18.2 Å². The van der Waals surface area contributed by atoms with Gasteiger partial charge in [0, 0.05) is 11.5 Å². The van der Waals surface area contributed by atoms with Gasteiger partial charge in [-0.15, -0.1) is 0 Å². The summed E-state index contributed by atoms with van der Waals surface area (Å²) < 4.78 is 4.69. The van der Waals surface area contributed by atoms with Crippen LogP contribution in [0.1, 0.15) is 34.3 Å². The van der Waals surface area contributed by atoms with Crippen molar-refractivity contribution in [3.63, 3.8) is 0 Å². The van der Waals surface area contributed by atoms with Gasteiger partial charge in [0.15, 0.2) is 0 Å². The molecule has 0 bridgehead atoms. The van der Waals surface area contributed by atoms with Crippen molar-refractivity contribution in [3.05, 3.63) is 34.9 Å². The second kappa shape index (κ2) is 4.40. The Balaban J connectivity index is 2.22. The SMILES string of the molecule is COC(=O)c1ccc(C#CC2CC2)cc1C. The lowest BCUT2D eigenvalue weighted by Gasteiger charge is -2.03. The lowest BCUT2D eigenvalue weighted by molar-refractivity contribution is 0.0600. The fourth-order valence-electron chi connectivity index (χ4n) is 1.49. The highest BCUT2D eigenvalue weighted by molar-refractivity contribution is 5.91. The lowest BCUT2D eigenvalue weighted by Crippen LogP contribution is -2.03. The van der Waals surface area contributed by atoms with Crippen LogP contribution in [0, 0.1) is 24.7 Å². The zero-order valence-corrected chi connectivity index (χ0v) is 9.54. The average molecular weight is 214 g/mol. The van der Waals surface area contributed by atoms with Gasteiger partial charge in [-0.05, 0) is 43.5 Å². The van der Waals surface area contributed by atoms with Crippen LogP contribution >= 0.6 is 0 Å². The third-order valence-corrected chi connectivity index (χ3v) is 2.63. The molecule has 0 heterocycles. The molecule has 1 aliphatic carbocycles. The summed E-state index contributed by atoms with van der Waals surface area (Å²) in [6.45, 7) is 1.90. The molecule has 82 valence electrons. The predicted molar refractivity (Wildman–Crippen MR) is 62.1 cm³/mol. The molecule has 16 heavy (non-hydrogen) atoms. The van der Waals surface area contributed by atoms with E-state index in [1.54, 1.807) is 6.07 Å². The number of hydrogen-bond donors (Lipinski definition) is 0. The molecule has 0 unspecified atom stereocenters. The third kappa shape index (κ3) is 2.43. The van der Waals surface area contributed by atoms with Crippen molar-refractivity contribution in [2.24, 2.45) is 5.92 Å². The number of methoxy groups -OCH3 is 1. The standard InChI is InChI=1S/C14H14O2/c1-10-9-12(6-5-11-3-4-11)7-8-13(10)14(15)16-2/h7-9,11H,3-4H2,1-2H3. The summed E-state index contributed by atoms with van der Waals surface area (Å²) in [6.07, 6.45) is 2.46. The van der Waals surface area contributed by atoms with Gasteiger partial charge in [0.05, 0.1) is 12.7 Å². The highest BCUT2D eigenvalue weighted by Gasteiger charge is 2.17. The molecule has 2 rings (SSSR count). The summed E-state index contributed by atoms with van der Waals surface area (Å²) in [5.41, 5.74) is 2.49. The maximum atomic E-state index is 11.4. The first kappa shape index (κ1) is 10.8. The summed E-state index contributed by atoms with van der Waals surface area (Å²) in [7, 11) is 1.39. The van der Waals surface area contributed by atoms with Gasteiger partial charge in [0.2, 0.25) is 0 Å². The molecular weight excluding hydrogens is 200 g/mol. The Kier molecular flexibility index (Phi) is 2.96. The second-order valence-electron chi connectivity index (χ2n) is 4.06. The van der Waals surface area contributed by atoms with Gasteiger partial charge in [0.1, 0.15) is 0 Å². The summed E-state index contributed by atoms with van der Waals surface area (Å²) >= 11 is 0. The monoisotopic (exact) mass is 214 g/mol. The summed E-state index contributed by atoms with van der Waals surface area (Å²) in [5.74, 6) is 6.63. The zero-order chi connectivity index (χ0) is 11.5. The van der Waals surface area contributed by atoms with E-state index in [0.29, 0.717) is 11.5 Å². The first-order valence-corrected chi connectivity index (χ1v) is 5.41. The molecule has 0 amide bonds. The van der Waals surface area contributed by atoms with E-state index in [0.717, 1.165) is 11.1 Å². The van der Waals surface area contributed by atoms with Crippen LogP contribution in [0.2, 0.25) is 0 Å². The van der Waals surface area contributed by atoms with Gasteiger partial charge >= 0.3 is 5.97 Å². The first-order chi connectivity index (χ1) is 7.70. The van der Waals surface area contributed by atoms with Gasteiger partial charge < -0.3 is 4.74 Å². The lowest BCUT2D eigenvalue weighted by atomic mass is 10.1. The van der Waals surface area contributed by atoms with Gasteiger partial charge in [-0.3, -0.25) is 0 Å². The zero-order valence-electron chi connectivity index (χ0n) is 9.54. The normalized spacial score (nSPS) is 13.9. The van der Waals surface area contributed by atoms with Crippen molar-refractivity contribution in [2.45, 2.75) is 19.8 Å². The topological polar surface area (TPSA) is 26.3 Å². The number of ether oxygens (including phenoxy) is 1. The summed E-state index contributed by atoms with van der Waals surface area (Å²) in [4.78, 5) is 11.4. The van der Waals surface area contributed by atoms with E-state index >= 15 is 0 Å². The molecule has 1 aromatic rings. The number of hydrogen-bond acceptors (Lipinski definition) is 2. The molecule has 0 radical (unpaired) electrons. The van der Waals surface area contributed by atoms with Crippen LogP contribution in [0.3, 0.4) is 0 Å². The Morgan fingerprint density at radius 3 is 2.75 bits per heavy atom. The van der Waals surface area contributed by atoms with Crippen LogP contribution in [-0.4, -0.2) is 13.1 Å². The molecule has 0 saturated heterocycles. The highest BCUT2D eigenvalue weighted by Crippen LogP contribution is 2.27. The van der Waals surface area contributed by atoms with E-state index < -0.39 is 0 Å². The molecule has 1 aromatic carbocycles. The van der Waals surface area contributed by atoms with Crippen LogP contribution in [0.4, 0.5) is 0 Å². The van der Waals surface area contributed by atoms with Gasteiger partial charge in [-0.2, -0.15) is 0 Å². The van der Waals surface area contributed by atoms with E-state index in [2.05, 4.69) is 11.8 Å². The third-order valence-electron chi connectivity index (χ3n) is 2.63. The van der Waals surface area contributed by atoms with Crippen molar-refractivity contribution in [2.75, 3.05) is 7.11 Å². The molecule has 1 aliphatic rings. The molecule has 2 heteroatoms. The Morgan fingerprint density at radius 2 is 2.19 bits per heavy atom. The van der Waals surface area contributed by atoms with Crippen molar-refractivity contribution >= 4 is 5.97 Å². The molecule has 2 nitrogen and oxygen atoms in total. The number of carbonyl (C=O) groups is 1. The Morgan fingerprint density at radius 1 is 1.44 bits per heavy atom. The number of rotatable bonds is 1. The summed E-state index contributed by atoms with van der Waals surface area (Å²) in [5, 5.41) is 0. The second-order valence-corrected chi connectivity index (χ2v) is 4.06. The van der Waals surface area contributed by atoms with E-state index in [1.807, 2.05) is 19.1 Å². The van der Waals surface area contributed by atoms with Gasteiger partial charge in [0.25, 0.3) is 0 Å². The van der Waals surface area contributed by atoms with E-state index in [9.17, 15) is 4.79 Å². The molecule has 1 saturated carbocycles. The largest absolute Gasteiger partial charge is 0.465 e. The van der Waals surface area contributed by atoms with E-state index in [1.165, 1.54) is 20.0 Å². The molecule has 1 fully saturated rings. The van der Waals surface area contributed by atoms with Crippen molar-refractivity contribution in [3.8, 4) is 11.8 Å². The Labute approximate surface area is 95.6 Å². The minimum Gasteiger partial charge on any atom is -0.465 e. The molecule has 0 spiro atoms. The smallest absolute Gasteiger partial charge is 0.338 e. The van der Waals surface area contributed by atoms with Crippen molar-refractivity contribution in [1.82, 2.24) is 0 Å². The average Bonchev–Trinajstić information content (AvgIpc) is 3.09. The maximum absolute atomic E-state index is 11.4. The quantitative estimate of drug-likeness (QED) is 0.530. The fraction of sp³-hybridized carbons (Fsp3) is 0.357. The Bertz CT molecular complexity index is 473. The summed E-state index contributed by atoms with van der Waals surface area (Å²) in [6, 6.07) is 5.58. The molecule has 0 N–H and O–H groups in total. The maximum Gasteiger partial charge on any atom is 0.338 e. The highest BCUT2D eigenvalue weighted by atomic mass is 16.5. The van der Waals surface area contributed by atoms with Crippen molar-refractivity contribution in [1.29, 1.82) is 0 Å². The van der Waals surface area contributed by atoms with Crippen LogP contribution in [0.5, 0.6) is 0 Å². The van der Waals surface area contributed by atoms with E-state index in [4.69, 9.17) is 4.74 Å². The molecule has 0 aliphatic heterocycles. The molecule has 0 atom stereocenters. The Hall–Kier alpha value is -1.75. The fourth-order valence-corrected chi connectivity index (χ4v) is 1.49. The van der Waals surface area contributed by atoms with E-state index in [-0.39, 0.29) is 5.97 Å². The molecular formula is C14H14O2. The number of aryl methyl sites for hydroxylation is 1. The number of carbonyl (C=O) groups excluding carboxylic acids is 1. The molecule has 0 aromatic heterocycles. The van der Waals surface area contributed by atoms with Crippen molar-refractivity contribution < 1.29 is 9.53 Å². The van der Waals surface area contributed by atoms with Crippen LogP contribution in [-0.2, 0) is 4.74 Å². The number of esters is 1. The predicted octanol–water partition coefficient (Wildman–Crippen LogP) is 2.54. The van der Waals surface area contributed by atoms with Crippen LogP contribution in [0.25, 0.3) is 0 Å². The van der Waals surface area contributed by atoms with Gasteiger partial charge in [-0.25, -0.2) is 4.79 Å². The van der Waals surface area contributed by atoms with Crippen LogP contribution < -0.4 is 0 Å².